The first-order valence-corrected chi connectivity index (χ1v) is 7.37. The summed E-state index contributed by atoms with van der Waals surface area (Å²) >= 11 is 7.55. The van der Waals surface area contributed by atoms with E-state index in [0.29, 0.717) is 16.8 Å². The molecule has 2 aromatic rings. The summed E-state index contributed by atoms with van der Waals surface area (Å²) in [5.74, 6) is 0.709. The van der Waals surface area contributed by atoms with E-state index in [2.05, 4.69) is 28.6 Å². The summed E-state index contributed by atoms with van der Waals surface area (Å²) in [6.07, 6.45) is 0. The molecular weight excluding hydrogens is 327 g/mol. The van der Waals surface area contributed by atoms with Crippen LogP contribution < -0.4 is 4.74 Å². The second-order valence-electron chi connectivity index (χ2n) is 4.18. The van der Waals surface area contributed by atoms with Gasteiger partial charge in [0.25, 0.3) is 0 Å². The molecule has 0 bridgehead atoms. The fraction of sp³-hybridized carbons (Fsp3) is 0.200. The Morgan fingerprint density at radius 1 is 1.16 bits per heavy atom. The number of thiol groups is 1. The second kappa shape index (κ2) is 6.96. The van der Waals surface area contributed by atoms with E-state index < -0.39 is 0 Å². The smallest absolute Gasteiger partial charge is 0.166 e. The summed E-state index contributed by atoms with van der Waals surface area (Å²) in [6.45, 7) is 0.409. The molecule has 0 saturated carbocycles. The molecule has 1 unspecified atom stereocenters. The SMILES string of the molecule is Fc1cc(Br)ccc1OCC(CS)c1ccccc1. The van der Waals surface area contributed by atoms with Crippen LogP contribution in [-0.2, 0) is 0 Å². The monoisotopic (exact) mass is 340 g/mol. The maximum atomic E-state index is 13.6. The lowest BCUT2D eigenvalue weighted by Crippen LogP contribution is -2.12. The van der Waals surface area contributed by atoms with Gasteiger partial charge in [-0.2, -0.15) is 12.6 Å². The molecule has 2 rings (SSSR count). The van der Waals surface area contributed by atoms with Crippen LogP contribution in [0, 0.1) is 5.82 Å². The third kappa shape index (κ3) is 3.98. The molecule has 0 saturated heterocycles. The topological polar surface area (TPSA) is 9.23 Å². The molecule has 0 spiro atoms. The van der Waals surface area contributed by atoms with Crippen molar-refractivity contribution < 1.29 is 9.13 Å². The van der Waals surface area contributed by atoms with Gasteiger partial charge in [0.15, 0.2) is 11.6 Å². The van der Waals surface area contributed by atoms with Crippen molar-refractivity contribution in [1.82, 2.24) is 0 Å². The number of hydrogen-bond donors (Lipinski definition) is 1. The molecule has 0 heterocycles. The van der Waals surface area contributed by atoms with E-state index in [-0.39, 0.29) is 17.5 Å². The largest absolute Gasteiger partial charge is 0.490 e. The summed E-state index contributed by atoms with van der Waals surface area (Å²) in [4.78, 5) is 0. The Kier molecular flexibility index (Phi) is 5.28. The zero-order valence-corrected chi connectivity index (χ0v) is 12.7. The van der Waals surface area contributed by atoms with Crippen molar-refractivity contribution >= 4 is 28.6 Å². The maximum absolute atomic E-state index is 13.6. The molecule has 1 nitrogen and oxygen atoms in total. The molecule has 0 amide bonds. The lowest BCUT2D eigenvalue weighted by Gasteiger charge is -2.16. The van der Waals surface area contributed by atoms with Crippen LogP contribution in [0.2, 0.25) is 0 Å². The van der Waals surface area contributed by atoms with Gasteiger partial charge in [-0.05, 0) is 23.8 Å². The molecule has 19 heavy (non-hydrogen) atoms. The van der Waals surface area contributed by atoms with Gasteiger partial charge in [0.05, 0.1) is 6.61 Å². The van der Waals surface area contributed by atoms with Crippen LogP contribution in [0.5, 0.6) is 5.75 Å². The summed E-state index contributed by atoms with van der Waals surface area (Å²) in [5.41, 5.74) is 1.15. The average Bonchev–Trinajstić information content (AvgIpc) is 2.43. The molecule has 0 aliphatic heterocycles. The average molecular weight is 341 g/mol. The highest BCUT2D eigenvalue weighted by molar-refractivity contribution is 9.10. The third-order valence-electron chi connectivity index (χ3n) is 2.83. The minimum atomic E-state index is -0.361. The van der Waals surface area contributed by atoms with Gasteiger partial charge in [-0.25, -0.2) is 4.39 Å². The second-order valence-corrected chi connectivity index (χ2v) is 5.46. The van der Waals surface area contributed by atoms with Crippen molar-refractivity contribution in [2.24, 2.45) is 0 Å². The van der Waals surface area contributed by atoms with Gasteiger partial charge in [0.1, 0.15) is 0 Å². The predicted molar refractivity (Wildman–Crippen MR) is 82.6 cm³/mol. The molecular formula is C15H14BrFOS. The van der Waals surface area contributed by atoms with Crippen molar-refractivity contribution in [3.63, 3.8) is 0 Å². The van der Waals surface area contributed by atoms with Gasteiger partial charge in [-0.1, -0.05) is 46.3 Å². The molecule has 0 aromatic heterocycles. The van der Waals surface area contributed by atoms with Crippen molar-refractivity contribution in [1.29, 1.82) is 0 Å². The lowest BCUT2D eigenvalue weighted by atomic mass is 10.0. The van der Waals surface area contributed by atoms with Crippen LogP contribution >= 0.6 is 28.6 Å². The van der Waals surface area contributed by atoms with E-state index in [0.717, 1.165) is 5.56 Å². The Morgan fingerprint density at radius 3 is 2.53 bits per heavy atom. The Labute approximate surface area is 126 Å². The number of rotatable bonds is 5. The van der Waals surface area contributed by atoms with Crippen molar-refractivity contribution in [2.45, 2.75) is 5.92 Å². The summed E-state index contributed by atoms with van der Waals surface area (Å²) in [6, 6.07) is 14.8. The van der Waals surface area contributed by atoms with Crippen LogP contribution in [-0.4, -0.2) is 12.4 Å². The maximum Gasteiger partial charge on any atom is 0.166 e. The first-order chi connectivity index (χ1) is 9.20. The van der Waals surface area contributed by atoms with Crippen LogP contribution in [0.25, 0.3) is 0 Å². The van der Waals surface area contributed by atoms with Crippen molar-refractivity contribution in [3.05, 3.63) is 64.4 Å². The Hall–Kier alpha value is -1.00. The van der Waals surface area contributed by atoms with E-state index >= 15 is 0 Å². The molecule has 1 atom stereocenters. The molecule has 2 aromatic carbocycles. The lowest BCUT2D eigenvalue weighted by molar-refractivity contribution is 0.283. The first-order valence-electron chi connectivity index (χ1n) is 5.94. The Morgan fingerprint density at radius 2 is 1.89 bits per heavy atom. The van der Waals surface area contributed by atoms with Crippen LogP contribution in [0.15, 0.2) is 53.0 Å². The minimum Gasteiger partial charge on any atom is -0.490 e. The number of halogens is 2. The van der Waals surface area contributed by atoms with E-state index in [1.165, 1.54) is 6.07 Å². The number of benzene rings is 2. The van der Waals surface area contributed by atoms with E-state index in [4.69, 9.17) is 4.74 Å². The number of ether oxygens (including phenoxy) is 1. The van der Waals surface area contributed by atoms with E-state index in [1.54, 1.807) is 12.1 Å². The van der Waals surface area contributed by atoms with Gasteiger partial charge in [0, 0.05) is 16.1 Å². The summed E-state index contributed by atoms with van der Waals surface area (Å²) in [5, 5.41) is 0. The standard InChI is InChI=1S/C15H14BrFOS/c16-13-6-7-15(14(17)8-13)18-9-12(10-19)11-4-2-1-3-5-11/h1-8,12,19H,9-10H2. The van der Waals surface area contributed by atoms with Crippen molar-refractivity contribution in [2.75, 3.05) is 12.4 Å². The fourth-order valence-corrected chi connectivity index (χ4v) is 2.41. The predicted octanol–water partition coefficient (Wildman–Crippen LogP) is 4.68. The first kappa shape index (κ1) is 14.4. The highest BCUT2D eigenvalue weighted by atomic mass is 79.9. The number of hydrogen-bond acceptors (Lipinski definition) is 2. The van der Waals surface area contributed by atoms with Crippen molar-refractivity contribution in [3.8, 4) is 5.75 Å². The van der Waals surface area contributed by atoms with Gasteiger partial charge >= 0.3 is 0 Å². The Bertz CT molecular complexity index is 533. The summed E-state index contributed by atoms with van der Waals surface area (Å²) < 4.78 is 19.9. The van der Waals surface area contributed by atoms with Gasteiger partial charge < -0.3 is 4.74 Å². The summed E-state index contributed by atoms with van der Waals surface area (Å²) in [7, 11) is 0. The molecule has 0 N–H and O–H groups in total. The van der Waals surface area contributed by atoms with Gasteiger partial charge in [-0.15, -0.1) is 0 Å². The van der Waals surface area contributed by atoms with E-state index in [9.17, 15) is 4.39 Å². The zero-order chi connectivity index (χ0) is 13.7. The minimum absolute atomic E-state index is 0.146. The molecule has 4 heteroatoms. The van der Waals surface area contributed by atoms with E-state index in [1.807, 2.05) is 30.3 Å². The van der Waals surface area contributed by atoms with Crippen LogP contribution in [0.3, 0.4) is 0 Å². The highest BCUT2D eigenvalue weighted by Gasteiger charge is 2.12. The molecule has 0 aliphatic carbocycles. The zero-order valence-electron chi connectivity index (χ0n) is 10.2. The molecule has 0 radical (unpaired) electrons. The van der Waals surface area contributed by atoms with Gasteiger partial charge in [-0.3, -0.25) is 0 Å². The molecule has 0 fully saturated rings. The fourth-order valence-electron chi connectivity index (χ4n) is 1.76. The molecule has 100 valence electrons. The Balaban J connectivity index is 2.04. The highest BCUT2D eigenvalue weighted by Crippen LogP contribution is 2.24. The normalized spacial score (nSPS) is 12.2. The van der Waals surface area contributed by atoms with Crippen LogP contribution in [0.1, 0.15) is 11.5 Å². The van der Waals surface area contributed by atoms with Gasteiger partial charge in [0.2, 0.25) is 0 Å². The third-order valence-corrected chi connectivity index (χ3v) is 3.76. The van der Waals surface area contributed by atoms with Crippen LogP contribution in [0.4, 0.5) is 4.39 Å². The quantitative estimate of drug-likeness (QED) is 0.777. The molecule has 0 aliphatic rings.